The summed E-state index contributed by atoms with van der Waals surface area (Å²) in [5.41, 5.74) is 0.944. The van der Waals surface area contributed by atoms with E-state index in [9.17, 15) is 14.9 Å². The number of hydrogen-bond donors (Lipinski definition) is 1. The summed E-state index contributed by atoms with van der Waals surface area (Å²) in [5.74, 6) is -0.371. The van der Waals surface area contributed by atoms with E-state index in [-0.39, 0.29) is 21.8 Å². The third-order valence-electron chi connectivity index (χ3n) is 3.37. The summed E-state index contributed by atoms with van der Waals surface area (Å²) >= 11 is 12.9. The van der Waals surface area contributed by atoms with Crippen LogP contribution in [0.5, 0.6) is 0 Å². The van der Waals surface area contributed by atoms with Gasteiger partial charge in [-0.15, -0.1) is 5.10 Å². The maximum absolute atomic E-state index is 12.0. The number of amidine groups is 1. The normalized spacial score (nSPS) is 17.0. The maximum atomic E-state index is 12.0. The van der Waals surface area contributed by atoms with E-state index in [1.807, 2.05) is 6.07 Å². The molecule has 0 saturated carbocycles. The zero-order valence-corrected chi connectivity index (χ0v) is 15.8. The Labute approximate surface area is 167 Å². The number of hydrogen-bond acceptors (Lipinski definition) is 6. The van der Waals surface area contributed by atoms with Gasteiger partial charge in [0.2, 0.25) is 0 Å². The maximum Gasteiger partial charge on any atom is 0.288 e. The highest BCUT2D eigenvalue weighted by Gasteiger charge is 2.24. The van der Waals surface area contributed by atoms with Crippen molar-refractivity contribution in [3.63, 3.8) is 0 Å². The standard InChI is InChI=1S/C17H10Cl2N4O3S/c18-12-4-2-1-3-11(12)9-20-22-17-21-16(24)15(27-17)8-10-5-6-13(19)14(7-10)23(25)26/h1-9H,(H,21,22,24). The van der Waals surface area contributed by atoms with E-state index in [2.05, 4.69) is 15.5 Å². The van der Waals surface area contributed by atoms with Crippen LogP contribution in [-0.4, -0.2) is 22.2 Å². The van der Waals surface area contributed by atoms with Crippen LogP contribution in [0.15, 0.2) is 57.6 Å². The molecule has 0 atom stereocenters. The second-order valence-corrected chi connectivity index (χ2v) is 7.05. The first-order chi connectivity index (χ1) is 12.9. The number of halogens is 2. The lowest BCUT2D eigenvalue weighted by Crippen LogP contribution is -2.19. The van der Waals surface area contributed by atoms with E-state index < -0.39 is 4.92 Å². The minimum absolute atomic E-state index is 0.0295. The smallest absolute Gasteiger partial charge is 0.288 e. The molecule has 1 saturated heterocycles. The Morgan fingerprint density at radius 3 is 2.67 bits per heavy atom. The number of thioether (sulfide) groups is 1. The summed E-state index contributed by atoms with van der Waals surface area (Å²) in [6, 6.07) is 11.4. The fourth-order valence-corrected chi connectivity index (χ4v) is 3.26. The second kappa shape index (κ2) is 8.34. The van der Waals surface area contributed by atoms with Crippen LogP contribution in [-0.2, 0) is 4.79 Å². The average Bonchev–Trinajstić information content (AvgIpc) is 2.97. The number of carbonyl (C=O) groups is 1. The summed E-state index contributed by atoms with van der Waals surface area (Å²) < 4.78 is 0. The van der Waals surface area contributed by atoms with Crippen LogP contribution in [0.3, 0.4) is 0 Å². The number of nitro groups is 1. The van der Waals surface area contributed by atoms with Gasteiger partial charge in [-0.1, -0.05) is 47.5 Å². The van der Waals surface area contributed by atoms with Gasteiger partial charge in [0.05, 0.1) is 16.0 Å². The second-order valence-electron chi connectivity index (χ2n) is 5.20. The first-order valence-electron chi connectivity index (χ1n) is 7.44. The summed E-state index contributed by atoms with van der Waals surface area (Å²) in [7, 11) is 0. The van der Waals surface area contributed by atoms with Crippen molar-refractivity contribution in [3.05, 3.63) is 78.7 Å². The van der Waals surface area contributed by atoms with Crippen molar-refractivity contribution in [1.29, 1.82) is 0 Å². The van der Waals surface area contributed by atoms with E-state index >= 15 is 0 Å². The summed E-state index contributed by atoms with van der Waals surface area (Å²) in [4.78, 5) is 22.8. The molecule has 1 aliphatic heterocycles. The van der Waals surface area contributed by atoms with Gasteiger partial charge >= 0.3 is 0 Å². The van der Waals surface area contributed by atoms with E-state index in [0.29, 0.717) is 21.1 Å². The largest absolute Gasteiger partial charge is 0.299 e. The molecule has 2 aromatic carbocycles. The molecule has 1 aliphatic rings. The molecule has 0 bridgehead atoms. The van der Waals surface area contributed by atoms with Crippen molar-refractivity contribution in [2.45, 2.75) is 0 Å². The number of nitrogens with zero attached hydrogens (tertiary/aromatic N) is 3. The SMILES string of the molecule is O=C1N/C(=N\N=Cc2ccccc2Cl)SC1=Cc1ccc(Cl)c([N+](=O)[O-])c1. The number of rotatable bonds is 4. The van der Waals surface area contributed by atoms with Crippen LogP contribution < -0.4 is 5.32 Å². The van der Waals surface area contributed by atoms with Crippen LogP contribution in [0.25, 0.3) is 6.08 Å². The van der Waals surface area contributed by atoms with Crippen molar-refractivity contribution in [1.82, 2.24) is 5.32 Å². The highest BCUT2D eigenvalue weighted by atomic mass is 35.5. The molecule has 1 amide bonds. The molecular formula is C17H10Cl2N4O3S. The van der Waals surface area contributed by atoms with Gasteiger partial charge in [-0.3, -0.25) is 20.2 Å². The number of benzene rings is 2. The third-order valence-corrected chi connectivity index (χ3v) is 4.93. The first-order valence-corrected chi connectivity index (χ1v) is 9.01. The average molecular weight is 421 g/mol. The molecule has 0 spiro atoms. The zero-order chi connectivity index (χ0) is 19.4. The van der Waals surface area contributed by atoms with Gasteiger partial charge in [0, 0.05) is 16.7 Å². The molecular weight excluding hydrogens is 411 g/mol. The first kappa shape index (κ1) is 19.1. The van der Waals surface area contributed by atoms with Gasteiger partial charge in [-0.2, -0.15) is 5.10 Å². The van der Waals surface area contributed by atoms with Crippen molar-refractivity contribution in [2.24, 2.45) is 10.2 Å². The Kier molecular flexibility index (Phi) is 5.90. The number of carbonyl (C=O) groups excluding carboxylic acids is 1. The van der Waals surface area contributed by atoms with Crippen LogP contribution in [0.1, 0.15) is 11.1 Å². The van der Waals surface area contributed by atoms with Crippen LogP contribution >= 0.6 is 35.0 Å². The van der Waals surface area contributed by atoms with E-state index in [4.69, 9.17) is 23.2 Å². The van der Waals surface area contributed by atoms with Gasteiger partial charge in [-0.25, -0.2) is 0 Å². The van der Waals surface area contributed by atoms with Crippen LogP contribution in [0, 0.1) is 10.1 Å². The zero-order valence-electron chi connectivity index (χ0n) is 13.4. The molecule has 27 heavy (non-hydrogen) atoms. The molecule has 3 rings (SSSR count). The van der Waals surface area contributed by atoms with Gasteiger partial charge in [-0.05, 0) is 35.5 Å². The Morgan fingerprint density at radius 1 is 1.15 bits per heavy atom. The Balaban J connectivity index is 1.77. The molecule has 0 aliphatic carbocycles. The molecule has 2 aromatic rings. The molecule has 0 radical (unpaired) electrons. The Morgan fingerprint density at radius 2 is 1.93 bits per heavy atom. The molecule has 10 heteroatoms. The molecule has 1 fully saturated rings. The van der Waals surface area contributed by atoms with Crippen molar-refractivity contribution < 1.29 is 9.72 Å². The highest BCUT2D eigenvalue weighted by molar-refractivity contribution is 8.18. The number of nitro benzene ring substituents is 1. The minimum atomic E-state index is -0.581. The van der Waals surface area contributed by atoms with Crippen LogP contribution in [0.4, 0.5) is 5.69 Å². The molecule has 7 nitrogen and oxygen atoms in total. The van der Waals surface area contributed by atoms with E-state index in [0.717, 1.165) is 11.8 Å². The predicted octanol–water partition coefficient (Wildman–Crippen LogP) is 4.50. The van der Waals surface area contributed by atoms with E-state index in [1.165, 1.54) is 24.4 Å². The lowest BCUT2D eigenvalue weighted by Gasteiger charge is -1.98. The monoisotopic (exact) mass is 420 g/mol. The molecule has 1 heterocycles. The molecule has 136 valence electrons. The van der Waals surface area contributed by atoms with Gasteiger partial charge in [0.25, 0.3) is 11.6 Å². The Bertz CT molecular complexity index is 1020. The highest BCUT2D eigenvalue weighted by Crippen LogP contribution is 2.30. The minimum Gasteiger partial charge on any atom is -0.299 e. The summed E-state index contributed by atoms with van der Waals surface area (Å²) in [6.07, 6.45) is 3.00. The lowest BCUT2D eigenvalue weighted by molar-refractivity contribution is -0.384. The van der Waals surface area contributed by atoms with Crippen molar-refractivity contribution >= 4 is 64.0 Å². The summed E-state index contributed by atoms with van der Waals surface area (Å²) in [5, 5.41) is 22.3. The fourth-order valence-electron chi connectivity index (χ4n) is 2.11. The third kappa shape index (κ3) is 4.73. The predicted molar refractivity (Wildman–Crippen MR) is 108 cm³/mol. The number of amides is 1. The van der Waals surface area contributed by atoms with Gasteiger partial charge in [0.15, 0.2) is 5.17 Å². The van der Waals surface area contributed by atoms with Crippen molar-refractivity contribution in [2.75, 3.05) is 0 Å². The van der Waals surface area contributed by atoms with Gasteiger partial charge < -0.3 is 0 Å². The van der Waals surface area contributed by atoms with E-state index in [1.54, 1.807) is 24.3 Å². The molecule has 0 unspecified atom stereocenters. The molecule has 0 aromatic heterocycles. The lowest BCUT2D eigenvalue weighted by atomic mass is 10.2. The topological polar surface area (TPSA) is 97.0 Å². The Hall–Kier alpha value is -2.68. The number of nitrogens with one attached hydrogen (secondary N) is 1. The van der Waals surface area contributed by atoms with Crippen LogP contribution in [0.2, 0.25) is 10.0 Å². The summed E-state index contributed by atoms with van der Waals surface area (Å²) in [6.45, 7) is 0. The quantitative estimate of drug-likeness (QED) is 0.340. The fraction of sp³-hybridized carbons (Fsp3) is 0. The van der Waals surface area contributed by atoms with Crippen molar-refractivity contribution in [3.8, 4) is 0 Å². The molecule has 1 N–H and O–H groups in total. The van der Waals surface area contributed by atoms with Gasteiger partial charge in [0.1, 0.15) is 5.02 Å².